The average molecular weight is 377 g/mol. The highest BCUT2D eigenvalue weighted by molar-refractivity contribution is 9.10. The zero-order chi connectivity index (χ0) is 16.7. The Morgan fingerprint density at radius 3 is 2.26 bits per heavy atom. The summed E-state index contributed by atoms with van der Waals surface area (Å²) in [5.74, 6) is 0.0344. The quantitative estimate of drug-likeness (QED) is 0.788. The standard InChI is InChI=1S/C17H17BrN2O3/c1-2-23-15-9-5-13(6-10-15)17(22)20-19-16(21)11-12-3-7-14(18)8-4-12/h3-10H,2,11H2,1H3,(H,19,21)(H,20,22). The number of carbonyl (C=O) groups excluding carboxylic acids is 2. The maximum atomic E-state index is 11.9. The van der Waals surface area contributed by atoms with E-state index in [1.54, 1.807) is 24.3 Å². The zero-order valence-electron chi connectivity index (χ0n) is 12.6. The second-order valence-corrected chi connectivity index (χ2v) is 5.68. The minimum atomic E-state index is -0.378. The van der Waals surface area contributed by atoms with Crippen LogP contribution in [0.25, 0.3) is 0 Å². The predicted molar refractivity (Wildman–Crippen MR) is 91.1 cm³/mol. The number of ether oxygens (including phenoxy) is 1. The minimum absolute atomic E-state index is 0.191. The third-order valence-electron chi connectivity index (χ3n) is 3.02. The molecule has 120 valence electrons. The summed E-state index contributed by atoms with van der Waals surface area (Å²) < 4.78 is 6.26. The third kappa shape index (κ3) is 5.41. The number of hydrogen-bond acceptors (Lipinski definition) is 3. The molecule has 0 aliphatic rings. The molecular weight excluding hydrogens is 360 g/mol. The number of hydrazine groups is 1. The molecule has 0 saturated heterocycles. The van der Waals surface area contributed by atoms with Gasteiger partial charge in [-0.15, -0.1) is 0 Å². The van der Waals surface area contributed by atoms with Crippen LogP contribution in [0.5, 0.6) is 5.75 Å². The zero-order valence-corrected chi connectivity index (χ0v) is 14.2. The van der Waals surface area contributed by atoms with Crippen molar-refractivity contribution in [3.63, 3.8) is 0 Å². The molecule has 0 aromatic heterocycles. The van der Waals surface area contributed by atoms with Gasteiger partial charge in [-0.2, -0.15) is 0 Å². The molecule has 0 aliphatic heterocycles. The second kappa shape index (κ2) is 8.33. The highest BCUT2D eigenvalue weighted by Gasteiger charge is 2.08. The molecular formula is C17H17BrN2O3. The Labute approximate surface area is 143 Å². The van der Waals surface area contributed by atoms with E-state index < -0.39 is 0 Å². The second-order valence-electron chi connectivity index (χ2n) is 4.76. The first kappa shape index (κ1) is 17.0. The summed E-state index contributed by atoms with van der Waals surface area (Å²) >= 11 is 3.34. The first-order chi connectivity index (χ1) is 11.1. The van der Waals surface area contributed by atoms with Gasteiger partial charge in [0.05, 0.1) is 13.0 Å². The van der Waals surface area contributed by atoms with Gasteiger partial charge in [0.15, 0.2) is 0 Å². The van der Waals surface area contributed by atoms with Gasteiger partial charge in [-0.3, -0.25) is 20.4 Å². The van der Waals surface area contributed by atoms with E-state index in [1.165, 1.54) is 0 Å². The number of amides is 2. The fraction of sp³-hybridized carbons (Fsp3) is 0.176. The maximum Gasteiger partial charge on any atom is 0.269 e. The molecule has 2 aromatic carbocycles. The van der Waals surface area contributed by atoms with Crippen molar-refractivity contribution < 1.29 is 14.3 Å². The SMILES string of the molecule is CCOc1ccc(C(=O)NNC(=O)Cc2ccc(Br)cc2)cc1. The fourth-order valence-corrected chi connectivity index (χ4v) is 2.16. The van der Waals surface area contributed by atoms with E-state index in [0.29, 0.717) is 17.9 Å². The molecule has 0 spiro atoms. The molecule has 0 bridgehead atoms. The summed E-state index contributed by atoms with van der Waals surface area (Å²) in [7, 11) is 0. The third-order valence-corrected chi connectivity index (χ3v) is 3.55. The normalized spacial score (nSPS) is 10.0. The van der Waals surface area contributed by atoms with Gasteiger partial charge in [-0.1, -0.05) is 28.1 Å². The molecule has 5 nitrogen and oxygen atoms in total. The number of rotatable bonds is 5. The van der Waals surface area contributed by atoms with Crippen LogP contribution in [0.3, 0.4) is 0 Å². The lowest BCUT2D eigenvalue weighted by atomic mass is 10.1. The summed E-state index contributed by atoms with van der Waals surface area (Å²) in [4.78, 5) is 23.8. The molecule has 2 N–H and O–H groups in total. The van der Waals surface area contributed by atoms with Crippen LogP contribution in [0.4, 0.5) is 0 Å². The molecule has 2 rings (SSSR count). The first-order valence-electron chi connectivity index (χ1n) is 7.15. The van der Waals surface area contributed by atoms with E-state index in [1.807, 2.05) is 31.2 Å². The van der Waals surface area contributed by atoms with Crippen molar-refractivity contribution in [3.8, 4) is 5.75 Å². The van der Waals surface area contributed by atoms with Gasteiger partial charge in [-0.25, -0.2) is 0 Å². The maximum absolute atomic E-state index is 11.9. The van der Waals surface area contributed by atoms with E-state index in [4.69, 9.17) is 4.74 Å². The van der Waals surface area contributed by atoms with Crippen molar-refractivity contribution in [1.29, 1.82) is 0 Å². The van der Waals surface area contributed by atoms with Gasteiger partial charge in [-0.05, 0) is 48.9 Å². The van der Waals surface area contributed by atoms with Crippen LogP contribution in [0.1, 0.15) is 22.8 Å². The van der Waals surface area contributed by atoms with E-state index in [0.717, 1.165) is 10.0 Å². The molecule has 0 radical (unpaired) electrons. The first-order valence-corrected chi connectivity index (χ1v) is 7.94. The molecule has 0 atom stereocenters. The molecule has 0 fully saturated rings. The van der Waals surface area contributed by atoms with Crippen molar-refractivity contribution in [2.75, 3.05) is 6.61 Å². The molecule has 0 aliphatic carbocycles. The van der Waals surface area contributed by atoms with Crippen LogP contribution >= 0.6 is 15.9 Å². The highest BCUT2D eigenvalue weighted by atomic mass is 79.9. The summed E-state index contributed by atoms with van der Waals surface area (Å²) in [6.07, 6.45) is 0.191. The van der Waals surface area contributed by atoms with Gasteiger partial charge in [0.1, 0.15) is 5.75 Å². The smallest absolute Gasteiger partial charge is 0.269 e. The van der Waals surface area contributed by atoms with Gasteiger partial charge >= 0.3 is 0 Å². The Hall–Kier alpha value is -2.34. The van der Waals surface area contributed by atoms with Crippen molar-refractivity contribution in [2.45, 2.75) is 13.3 Å². The van der Waals surface area contributed by atoms with Crippen molar-refractivity contribution in [2.24, 2.45) is 0 Å². The topological polar surface area (TPSA) is 67.4 Å². The van der Waals surface area contributed by atoms with Crippen LogP contribution in [-0.2, 0) is 11.2 Å². The lowest BCUT2D eigenvalue weighted by Gasteiger charge is -2.08. The van der Waals surface area contributed by atoms with E-state index in [-0.39, 0.29) is 18.2 Å². The number of benzene rings is 2. The van der Waals surface area contributed by atoms with E-state index in [9.17, 15) is 9.59 Å². The van der Waals surface area contributed by atoms with Crippen LogP contribution in [0.15, 0.2) is 53.0 Å². The lowest BCUT2D eigenvalue weighted by Crippen LogP contribution is -2.42. The Balaban J connectivity index is 1.83. The monoisotopic (exact) mass is 376 g/mol. The molecule has 0 unspecified atom stereocenters. The Morgan fingerprint density at radius 2 is 1.65 bits per heavy atom. The number of nitrogens with one attached hydrogen (secondary N) is 2. The van der Waals surface area contributed by atoms with Gasteiger partial charge in [0.25, 0.3) is 5.91 Å². The molecule has 0 heterocycles. The summed E-state index contributed by atoms with van der Waals surface area (Å²) in [5, 5.41) is 0. The Bertz CT molecular complexity index is 669. The Kier molecular flexibility index (Phi) is 6.17. The van der Waals surface area contributed by atoms with Crippen molar-refractivity contribution in [3.05, 3.63) is 64.1 Å². The minimum Gasteiger partial charge on any atom is -0.494 e. The fourth-order valence-electron chi connectivity index (χ4n) is 1.90. The van der Waals surface area contributed by atoms with Crippen LogP contribution in [-0.4, -0.2) is 18.4 Å². The summed E-state index contributed by atoms with van der Waals surface area (Å²) in [5.41, 5.74) is 6.10. The highest BCUT2D eigenvalue weighted by Crippen LogP contribution is 2.12. The molecule has 6 heteroatoms. The lowest BCUT2D eigenvalue weighted by molar-refractivity contribution is -0.121. The molecule has 2 aromatic rings. The summed E-state index contributed by atoms with van der Waals surface area (Å²) in [6.45, 7) is 2.46. The van der Waals surface area contributed by atoms with Crippen LogP contribution < -0.4 is 15.6 Å². The molecule has 2 amide bonds. The van der Waals surface area contributed by atoms with Gasteiger partial charge < -0.3 is 4.74 Å². The van der Waals surface area contributed by atoms with Gasteiger partial charge in [0.2, 0.25) is 5.91 Å². The average Bonchev–Trinajstić information content (AvgIpc) is 2.56. The predicted octanol–water partition coefficient (Wildman–Crippen LogP) is 2.85. The van der Waals surface area contributed by atoms with E-state index >= 15 is 0 Å². The largest absolute Gasteiger partial charge is 0.494 e. The van der Waals surface area contributed by atoms with Crippen molar-refractivity contribution in [1.82, 2.24) is 10.9 Å². The molecule has 0 saturated carbocycles. The van der Waals surface area contributed by atoms with Crippen LogP contribution in [0, 0.1) is 0 Å². The van der Waals surface area contributed by atoms with Crippen LogP contribution in [0.2, 0.25) is 0 Å². The summed E-state index contributed by atoms with van der Waals surface area (Å²) in [6, 6.07) is 14.1. The number of carbonyl (C=O) groups is 2. The van der Waals surface area contributed by atoms with Crippen molar-refractivity contribution >= 4 is 27.7 Å². The number of hydrogen-bond donors (Lipinski definition) is 2. The number of halogens is 1. The van der Waals surface area contributed by atoms with E-state index in [2.05, 4.69) is 26.8 Å². The van der Waals surface area contributed by atoms with Gasteiger partial charge in [0, 0.05) is 10.0 Å². The molecule has 23 heavy (non-hydrogen) atoms. The Morgan fingerprint density at radius 1 is 1.00 bits per heavy atom.